The average molecular weight is 127 g/mol. The fraction of sp³-hybridized carbons (Fsp3) is 0.200. The highest BCUT2D eigenvalue weighted by Gasteiger charge is 1.90. The van der Waals surface area contributed by atoms with Gasteiger partial charge in [-0.05, 0) is 0 Å². The second-order valence-electron chi connectivity index (χ2n) is 1.38. The Morgan fingerprint density at radius 2 is 2.62 bits per heavy atom. The van der Waals surface area contributed by atoms with Crippen molar-refractivity contribution in [1.82, 2.24) is 4.98 Å². The van der Waals surface area contributed by atoms with Crippen LogP contribution in [0.3, 0.4) is 0 Å². The normalized spacial score (nSPS) is 9.25. The van der Waals surface area contributed by atoms with Crippen molar-refractivity contribution in [3.63, 3.8) is 0 Å². The number of aromatic nitrogens is 1. The summed E-state index contributed by atoms with van der Waals surface area (Å²) in [4.78, 5) is 4.03. The van der Waals surface area contributed by atoms with Crippen LogP contribution in [0.1, 0.15) is 5.01 Å². The molecule has 3 heteroatoms. The molecule has 0 aliphatic rings. The van der Waals surface area contributed by atoms with Gasteiger partial charge >= 0.3 is 0 Å². The van der Waals surface area contributed by atoms with Crippen molar-refractivity contribution in [1.29, 1.82) is 0 Å². The molecule has 1 aromatic heterocycles. The molecule has 1 heterocycles. The minimum atomic E-state index is 0.856. The third kappa shape index (κ3) is 0.980. The van der Waals surface area contributed by atoms with E-state index in [-0.39, 0.29) is 0 Å². The lowest BCUT2D eigenvalue weighted by Gasteiger charge is -1.85. The molecular weight excluding hydrogens is 120 g/mol. The van der Waals surface area contributed by atoms with Gasteiger partial charge in [0.05, 0.1) is 5.01 Å². The molecule has 2 nitrogen and oxygen atoms in total. The minimum Gasteiger partial charge on any atom is -0.372 e. The van der Waals surface area contributed by atoms with Crippen molar-refractivity contribution in [3.8, 4) is 0 Å². The van der Waals surface area contributed by atoms with Gasteiger partial charge < -0.3 is 5.32 Å². The Hall–Kier alpha value is -0.570. The molecule has 0 atom stereocenters. The van der Waals surface area contributed by atoms with Crippen LogP contribution in [0.2, 0.25) is 0 Å². The molecule has 0 spiro atoms. The summed E-state index contributed by atoms with van der Waals surface area (Å²) in [5.41, 5.74) is 0. The molecule has 1 aromatic rings. The molecule has 0 bridgehead atoms. The molecule has 0 amide bonds. The van der Waals surface area contributed by atoms with Crippen LogP contribution in [-0.4, -0.2) is 12.0 Å². The molecule has 0 unspecified atom stereocenters. The van der Waals surface area contributed by atoms with Gasteiger partial charge in [-0.1, -0.05) is 0 Å². The Balaban J connectivity index is 2.84. The first-order chi connectivity index (χ1) is 3.83. The van der Waals surface area contributed by atoms with Gasteiger partial charge in [-0.2, -0.15) is 0 Å². The molecule has 0 aromatic carbocycles. The van der Waals surface area contributed by atoms with E-state index in [9.17, 15) is 0 Å². The first-order valence-corrected chi connectivity index (χ1v) is 3.16. The van der Waals surface area contributed by atoms with Crippen LogP contribution in [0.5, 0.6) is 0 Å². The van der Waals surface area contributed by atoms with Crippen LogP contribution < -0.4 is 5.32 Å². The number of nitrogens with zero attached hydrogens (tertiary/aromatic N) is 1. The lowest BCUT2D eigenvalue weighted by atomic mass is 10.7. The predicted molar refractivity (Wildman–Crippen MR) is 36.1 cm³/mol. The SMILES string of the molecule is [CH2]c1nc(NC)cs1. The van der Waals surface area contributed by atoms with E-state index >= 15 is 0 Å². The second kappa shape index (κ2) is 2.13. The van der Waals surface area contributed by atoms with Crippen molar-refractivity contribution in [2.45, 2.75) is 0 Å². The summed E-state index contributed by atoms with van der Waals surface area (Å²) in [5.74, 6) is 0.903. The van der Waals surface area contributed by atoms with E-state index in [1.54, 1.807) is 11.3 Å². The second-order valence-corrected chi connectivity index (χ2v) is 2.32. The number of hydrogen-bond donors (Lipinski definition) is 1. The van der Waals surface area contributed by atoms with Crippen LogP contribution >= 0.6 is 11.3 Å². The van der Waals surface area contributed by atoms with Crippen LogP contribution in [0, 0.1) is 6.92 Å². The number of anilines is 1. The third-order valence-electron chi connectivity index (χ3n) is 0.808. The third-order valence-corrected chi connectivity index (χ3v) is 1.51. The zero-order valence-corrected chi connectivity index (χ0v) is 5.46. The summed E-state index contributed by atoms with van der Waals surface area (Å²) in [6.07, 6.45) is 0. The first kappa shape index (κ1) is 5.56. The highest BCUT2D eigenvalue weighted by molar-refractivity contribution is 7.10. The predicted octanol–water partition coefficient (Wildman–Crippen LogP) is 1.37. The zero-order chi connectivity index (χ0) is 5.98. The standard InChI is InChI=1S/C5H7N2S/c1-4-7-5(6-2)3-8-4/h3,6H,1H2,2H3. The molecule has 0 fully saturated rings. The van der Waals surface area contributed by atoms with Crippen LogP contribution in [0.25, 0.3) is 0 Å². The van der Waals surface area contributed by atoms with Gasteiger partial charge in [0.1, 0.15) is 5.82 Å². The Labute approximate surface area is 52.6 Å². The summed E-state index contributed by atoms with van der Waals surface area (Å²) in [7, 11) is 1.84. The molecule has 0 aliphatic carbocycles. The smallest absolute Gasteiger partial charge is 0.137 e. The zero-order valence-electron chi connectivity index (χ0n) is 4.64. The lowest BCUT2D eigenvalue weighted by molar-refractivity contribution is 1.32. The van der Waals surface area contributed by atoms with Crippen molar-refractivity contribution in [2.75, 3.05) is 12.4 Å². The summed E-state index contributed by atoms with van der Waals surface area (Å²) in [6, 6.07) is 0. The topological polar surface area (TPSA) is 24.9 Å². The van der Waals surface area contributed by atoms with Gasteiger partial charge in [0.25, 0.3) is 0 Å². The van der Waals surface area contributed by atoms with Crippen molar-refractivity contribution < 1.29 is 0 Å². The molecule has 0 saturated carbocycles. The number of hydrogen-bond acceptors (Lipinski definition) is 3. The van der Waals surface area contributed by atoms with Gasteiger partial charge in [-0.3, -0.25) is 0 Å². The lowest BCUT2D eigenvalue weighted by Crippen LogP contribution is -1.85. The maximum atomic E-state index is 4.03. The molecule has 1 radical (unpaired) electrons. The summed E-state index contributed by atoms with van der Waals surface area (Å²) >= 11 is 1.54. The number of rotatable bonds is 1. The largest absolute Gasteiger partial charge is 0.372 e. The number of nitrogens with one attached hydrogen (secondary N) is 1. The van der Waals surface area contributed by atoms with E-state index in [1.165, 1.54) is 0 Å². The highest BCUT2D eigenvalue weighted by Crippen LogP contribution is 2.10. The van der Waals surface area contributed by atoms with E-state index in [2.05, 4.69) is 17.2 Å². The highest BCUT2D eigenvalue weighted by atomic mass is 32.1. The maximum absolute atomic E-state index is 4.03. The van der Waals surface area contributed by atoms with Crippen LogP contribution in [0.15, 0.2) is 5.38 Å². The summed E-state index contributed by atoms with van der Waals surface area (Å²) in [6.45, 7) is 3.66. The molecule has 0 saturated heterocycles. The average Bonchev–Trinajstić information content (AvgIpc) is 2.14. The molecule has 1 rings (SSSR count). The molecule has 1 N–H and O–H groups in total. The van der Waals surface area contributed by atoms with Crippen LogP contribution in [0.4, 0.5) is 5.82 Å². The van der Waals surface area contributed by atoms with Crippen LogP contribution in [-0.2, 0) is 0 Å². The molecule has 8 heavy (non-hydrogen) atoms. The summed E-state index contributed by atoms with van der Waals surface area (Å²) < 4.78 is 0. The molecule has 0 aliphatic heterocycles. The summed E-state index contributed by atoms with van der Waals surface area (Å²) in [5, 5.41) is 5.70. The first-order valence-electron chi connectivity index (χ1n) is 2.28. The molecule has 43 valence electrons. The Morgan fingerprint density at radius 3 is 2.88 bits per heavy atom. The Kier molecular flexibility index (Phi) is 1.48. The molecular formula is C5H7N2S. The minimum absolute atomic E-state index is 0.856. The van der Waals surface area contributed by atoms with Gasteiger partial charge in [0.2, 0.25) is 0 Å². The van der Waals surface area contributed by atoms with Gasteiger partial charge in [-0.25, -0.2) is 4.98 Å². The van der Waals surface area contributed by atoms with E-state index < -0.39 is 0 Å². The quantitative estimate of drug-likeness (QED) is 0.616. The van der Waals surface area contributed by atoms with Crippen molar-refractivity contribution >= 4 is 17.2 Å². The van der Waals surface area contributed by atoms with Gasteiger partial charge in [0.15, 0.2) is 0 Å². The Morgan fingerprint density at radius 1 is 1.88 bits per heavy atom. The van der Waals surface area contributed by atoms with E-state index in [1.807, 2.05) is 12.4 Å². The van der Waals surface area contributed by atoms with E-state index in [0.29, 0.717) is 0 Å². The number of thiazole rings is 1. The van der Waals surface area contributed by atoms with E-state index in [0.717, 1.165) is 10.8 Å². The monoisotopic (exact) mass is 127 g/mol. The van der Waals surface area contributed by atoms with Crippen molar-refractivity contribution in [2.24, 2.45) is 0 Å². The van der Waals surface area contributed by atoms with E-state index in [4.69, 9.17) is 0 Å². The fourth-order valence-corrected chi connectivity index (χ4v) is 0.995. The van der Waals surface area contributed by atoms with Crippen molar-refractivity contribution in [3.05, 3.63) is 17.3 Å². The fourth-order valence-electron chi connectivity index (χ4n) is 0.426. The van der Waals surface area contributed by atoms with Gasteiger partial charge in [0, 0.05) is 19.4 Å². The van der Waals surface area contributed by atoms with Gasteiger partial charge in [-0.15, -0.1) is 11.3 Å². The maximum Gasteiger partial charge on any atom is 0.137 e. The Bertz CT molecular complexity index is 171.